The van der Waals surface area contributed by atoms with Gasteiger partial charge in [0.25, 0.3) is 0 Å². The standard InChI is InChI=1S/C20H43NO2/c1-4-7-8-9-10-11-12-13-14-15-16-23-18-19(22)17-20(21,5-2)6-3/h19,22H,4-18,21H2,1-3H3. The van der Waals surface area contributed by atoms with Gasteiger partial charge in [0.1, 0.15) is 0 Å². The quantitative estimate of drug-likeness (QED) is 0.361. The molecule has 0 saturated heterocycles. The molecular formula is C20H43NO2. The van der Waals surface area contributed by atoms with E-state index in [1.807, 2.05) is 0 Å². The van der Waals surface area contributed by atoms with E-state index >= 15 is 0 Å². The van der Waals surface area contributed by atoms with E-state index < -0.39 is 6.10 Å². The topological polar surface area (TPSA) is 55.5 Å². The van der Waals surface area contributed by atoms with Crippen molar-refractivity contribution in [2.24, 2.45) is 5.73 Å². The van der Waals surface area contributed by atoms with Gasteiger partial charge in [-0.05, 0) is 25.7 Å². The number of aliphatic hydroxyl groups excluding tert-OH is 1. The minimum absolute atomic E-state index is 0.236. The first-order valence-corrected chi connectivity index (χ1v) is 10.1. The highest BCUT2D eigenvalue weighted by Gasteiger charge is 2.24. The molecule has 23 heavy (non-hydrogen) atoms. The average molecular weight is 330 g/mol. The third-order valence-electron chi connectivity index (χ3n) is 5.00. The van der Waals surface area contributed by atoms with Crippen molar-refractivity contribution in [2.45, 2.75) is 116 Å². The predicted octanol–water partition coefficient (Wildman–Crippen LogP) is 5.19. The molecule has 0 spiro atoms. The molecule has 0 saturated carbocycles. The summed E-state index contributed by atoms with van der Waals surface area (Å²) in [7, 11) is 0. The van der Waals surface area contributed by atoms with Crippen LogP contribution in [-0.2, 0) is 4.74 Å². The van der Waals surface area contributed by atoms with Crippen LogP contribution in [0.15, 0.2) is 0 Å². The third-order valence-corrected chi connectivity index (χ3v) is 5.00. The van der Waals surface area contributed by atoms with E-state index in [4.69, 9.17) is 10.5 Å². The molecule has 0 bridgehead atoms. The molecule has 0 fully saturated rings. The molecule has 0 amide bonds. The fraction of sp³-hybridized carbons (Fsp3) is 1.00. The van der Waals surface area contributed by atoms with Crippen molar-refractivity contribution in [3.05, 3.63) is 0 Å². The lowest BCUT2D eigenvalue weighted by Gasteiger charge is -2.29. The van der Waals surface area contributed by atoms with E-state index in [1.54, 1.807) is 0 Å². The summed E-state index contributed by atoms with van der Waals surface area (Å²) in [6.07, 6.45) is 15.4. The van der Waals surface area contributed by atoms with Gasteiger partial charge >= 0.3 is 0 Å². The Morgan fingerprint density at radius 1 is 0.826 bits per heavy atom. The Morgan fingerprint density at radius 2 is 1.30 bits per heavy atom. The molecule has 0 aromatic rings. The van der Waals surface area contributed by atoms with Crippen LogP contribution in [0.4, 0.5) is 0 Å². The number of hydrogen-bond donors (Lipinski definition) is 2. The molecular weight excluding hydrogens is 286 g/mol. The zero-order valence-electron chi connectivity index (χ0n) is 16.1. The molecule has 1 atom stereocenters. The van der Waals surface area contributed by atoms with Gasteiger partial charge in [-0.2, -0.15) is 0 Å². The van der Waals surface area contributed by atoms with E-state index in [0.29, 0.717) is 13.0 Å². The smallest absolute Gasteiger partial charge is 0.0791 e. The number of nitrogens with two attached hydrogens (primary N) is 1. The van der Waals surface area contributed by atoms with Gasteiger partial charge in [-0.25, -0.2) is 0 Å². The maximum atomic E-state index is 10.0. The second-order valence-corrected chi connectivity index (χ2v) is 7.18. The molecule has 0 aliphatic carbocycles. The van der Waals surface area contributed by atoms with E-state index in [2.05, 4.69) is 20.8 Å². The summed E-state index contributed by atoms with van der Waals surface area (Å²) < 4.78 is 5.60. The highest BCUT2D eigenvalue weighted by Crippen LogP contribution is 2.18. The summed E-state index contributed by atoms with van der Waals surface area (Å²) in [6.45, 7) is 7.63. The molecule has 1 unspecified atom stereocenters. The van der Waals surface area contributed by atoms with Crippen molar-refractivity contribution in [3.8, 4) is 0 Å². The Kier molecular flexibility index (Phi) is 15.3. The molecule has 0 rings (SSSR count). The van der Waals surface area contributed by atoms with Crippen LogP contribution in [0, 0.1) is 0 Å². The van der Waals surface area contributed by atoms with Gasteiger partial charge in [-0.15, -0.1) is 0 Å². The van der Waals surface area contributed by atoms with Gasteiger partial charge in [0.15, 0.2) is 0 Å². The Labute approximate surface area is 145 Å². The van der Waals surface area contributed by atoms with Gasteiger partial charge in [0, 0.05) is 12.1 Å². The van der Waals surface area contributed by atoms with Crippen molar-refractivity contribution < 1.29 is 9.84 Å². The van der Waals surface area contributed by atoms with Crippen molar-refractivity contribution in [3.63, 3.8) is 0 Å². The van der Waals surface area contributed by atoms with Crippen molar-refractivity contribution in [1.29, 1.82) is 0 Å². The van der Waals surface area contributed by atoms with Gasteiger partial charge in [-0.1, -0.05) is 78.6 Å². The first-order chi connectivity index (χ1) is 11.1. The lowest BCUT2D eigenvalue weighted by Crippen LogP contribution is -2.42. The zero-order chi connectivity index (χ0) is 17.4. The van der Waals surface area contributed by atoms with E-state index in [0.717, 1.165) is 25.9 Å². The minimum Gasteiger partial charge on any atom is -0.391 e. The van der Waals surface area contributed by atoms with Crippen LogP contribution in [-0.4, -0.2) is 30.0 Å². The molecule has 0 heterocycles. The fourth-order valence-electron chi connectivity index (χ4n) is 2.98. The number of rotatable bonds is 17. The van der Waals surface area contributed by atoms with Crippen molar-refractivity contribution >= 4 is 0 Å². The highest BCUT2D eigenvalue weighted by molar-refractivity contribution is 4.83. The van der Waals surface area contributed by atoms with Crippen LogP contribution in [0.1, 0.15) is 104 Å². The monoisotopic (exact) mass is 329 g/mol. The van der Waals surface area contributed by atoms with Crippen LogP contribution >= 0.6 is 0 Å². The number of ether oxygens (including phenoxy) is 1. The normalized spacial score (nSPS) is 13.4. The first-order valence-electron chi connectivity index (χ1n) is 10.1. The van der Waals surface area contributed by atoms with E-state index in [9.17, 15) is 5.11 Å². The second kappa shape index (κ2) is 15.4. The first kappa shape index (κ1) is 22.9. The molecule has 0 aliphatic heterocycles. The van der Waals surface area contributed by atoms with Gasteiger partial charge in [-0.3, -0.25) is 0 Å². The minimum atomic E-state index is -0.428. The van der Waals surface area contributed by atoms with Gasteiger partial charge in [0.05, 0.1) is 12.7 Å². The summed E-state index contributed by atoms with van der Waals surface area (Å²) in [5.41, 5.74) is 5.98. The number of hydrogen-bond acceptors (Lipinski definition) is 3. The maximum Gasteiger partial charge on any atom is 0.0791 e. The highest BCUT2D eigenvalue weighted by atomic mass is 16.5. The fourth-order valence-corrected chi connectivity index (χ4v) is 2.98. The average Bonchev–Trinajstić information content (AvgIpc) is 2.55. The molecule has 0 aromatic carbocycles. The largest absolute Gasteiger partial charge is 0.391 e. The summed E-state index contributed by atoms with van der Waals surface area (Å²) in [4.78, 5) is 0. The Balaban J connectivity index is 3.33. The predicted molar refractivity (Wildman–Crippen MR) is 101 cm³/mol. The van der Waals surface area contributed by atoms with Crippen LogP contribution in [0.5, 0.6) is 0 Å². The Bertz CT molecular complexity index is 242. The van der Waals surface area contributed by atoms with Crippen LogP contribution < -0.4 is 5.73 Å². The molecule has 0 aliphatic rings. The lowest BCUT2D eigenvalue weighted by atomic mass is 9.88. The van der Waals surface area contributed by atoms with Crippen molar-refractivity contribution in [1.82, 2.24) is 0 Å². The lowest BCUT2D eigenvalue weighted by molar-refractivity contribution is 0.0183. The maximum absolute atomic E-state index is 10.0. The molecule has 3 nitrogen and oxygen atoms in total. The molecule has 3 N–H and O–H groups in total. The number of aliphatic hydroxyl groups is 1. The van der Waals surface area contributed by atoms with Crippen LogP contribution in [0.25, 0.3) is 0 Å². The molecule has 140 valence electrons. The van der Waals surface area contributed by atoms with Crippen LogP contribution in [0.3, 0.4) is 0 Å². The van der Waals surface area contributed by atoms with Crippen LogP contribution in [0.2, 0.25) is 0 Å². The summed E-state index contributed by atoms with van der Waals surface area (Å²) in [6, 6.07) is 0. The third kappa shape index (κ3) is 14.0. The van der Waals surface area contributed by atoms with Crippen molar-refractivity contribution in [2.75, 3.05) is 13.2 Å². The second-order valence-electron chi connectivity index (χ2n) is 7.18. The van der Waals surface area contributed by atoms with E-state index in [1.165, 1.54) is 57.8 Å². The summed E-state index contributed by atoms with van der Waals surface area (Å²) in [5, 5.41) is 10.0. The van der Waals surface area contributed by atoms with Gasteiger partial charge < -0.3 is 15.6 Å². The molecule has 0 radical (unpaired) electrons. The zero-order valence-corrected chi connectivity index (χ0v) is 16.1. The SMILES string of the molecule is CCCCCCCCCCCCOCC(O)CC(N)(CC)CC. The number of unbranched alkanes of at least 4 members (excludes halogenated alkanes) is 9. The van der Waals surface area contributed by atoms with Gasteiger partial charge in [0.2, 0.25) is 0 Å². The Morgan fingerprint density at radius 3 is 1.78 bits per heavy atom. The Hall–Kier alpha value is -0.120. The molecule has 3 heteroatoms. The van der Waals surface area contributed by atoms with E-state index in [-0.39, 0.29) is 5.54 Å². The molecule has 0 aromatic heterocycles. The summed E-state index contributed by atoms with van der Waals surface area (Å²) in [5.74, 6) is 0. The summed E-state index contributed by atoms with van der Waals surface area (Å²) >= 11 is 0.